The molecule has 0 saturated carbocycles. The molecule has 0 unspecified atom stereocenters. The van der Waals surface area contributed by atoms with E-state index < -0.39 is 0 Å². The number of nitrogens with zero attached hydrogens (tertiary/aromatic N) is 2. The van der Waals surface area contributed by atoms with Gasteiger partial charge < -0.3 is 5.32 Å². The van der Waals surface area contributed by atoms with Crippen LogP contribution in [0.2, 0.25) is 0 Å². The Morgan fingerprint density at radius 3 is 2.62 bits per heavy atom. The van der Waals surface area contributed by atoms with Crippen molar-refractivity contribution < 1.29 is 4.79 Å². The smallest absolute Gasteiger partial charge is 0.269 e. The Kier molecular flexibility index (Phi) is 5.03. The predicted octanol–water partition coefficient (Wildman–Crippen LogP) is 3.92. The summed E-state index contributed by atoms with van der Waals surface area (Å²) in [5.74, 6) is 0.457. The lowest BCUT2D eigenvalue weighted by atomic mass is 9.97. The molecule has 24 heavy (non-hydrogen) atoms. The molecule has 7 heteroatoms. The molecule has 1 amide bonds. The van der Waals surface area contributed by atoms with E-state index in [-0.39, 0.29) is 11.3 Å². The van der Waals surface area contributed by atoms with Gasteiger partial charge in [0.2, 0.25) is 0 Å². The van der Waals surface area contributed by atoms with E-state index in [0.29, 0.717) is 15.9 Å². The van der Waals surface area contributed by atoms with Crippen molar-refractivity contribution in [2.75, 3.05) is 18.4 Å². The van der Waals surface area contributed by atoms with Crippen LogP contribution in [0.1, 0.15) is 64.8 Å². The molecule has 0 bridgehead atoms. The van der Waals surface area contributed by atoms with E-state index in [1.165, 1.54) is 16.2 Å². The highest BCUT2D eigenvalue weighted by atomic mass is 32.1. The van der Waals surface area contributed by atoms with Gasteiger partial charge in [-0.25, -0.2) is 9.97 Å². The molecule has 2 aromatic rings. The van der Waals surface area contributed by atoms with Crippen LogP contribution in [0.4, 0.5) is 5.13 Å². The number of carbonyl (C=O) groups excluding carboxylic acids is 1. The molecule has 3 rings (SSSR count). The quantitative estimate of drug-likeness (QED) is 0.866. The summed E-state index contributed by atoms with van der Waals surface area (Å²) in [6.07, 6.45) is 4.19. The van der Waals surface area contributed by atoms with Crippen molar-refractivity contribution >= 4 is 33.7 Å². The first kappa shape index (κ1) is 17.5. The molecule has 0 radical (unpaired) electrons. The molecule has 2 aromatic heterocycles. The summed E-state index contributed by atoms with van der Waals surface area (Å²) in [5.41, 5.74) is 0.745. The van der Waals surface area contributed by atoms with Gasteiger partial charge in [-0.2, -0.15) is 0 Å². The van der Waals surface area contributed by atoms with E-state index in [1.54, 1.807) is 11.3 Å². The molecule has 3 heterocycles. The molecule has 0 atom stereocenters. The van der Waals surface area contributed by atoms with Gasteiger partial charge in [-0.1, -0.05) is 20.8 Å². The first-order valence-electron chi connectivity index (χ1n) is 8.30. The lowest BCUT2D eigenvalue weighted by Gasteiger charge is -2.20. The maximum atomic E-state index is 12.6. The Bertz CT molecular complexity index is 723. The number of aryl methyl sites for hydroxylation is 1. The van der Waals surface area contributed by atoms with E-state index in [2.05, 4.69) is 41.4 Å². The molecular formula is C17H24N4OS2. The Labute approximate surface area is 150 Å². The number of piperidine rings is 1. The second kappa shape index (κ2) is 6.90. The number of rotatable bonds is 3. The summed E-state index contributed by atoms with van der Waals surface area (Å²) in [5, 5.41) is 7.99. The van der Waals surface area contributed by atoms with Crippen molar-refractivity contribution in [1.82, 2.24) is 15.3 Å². The molecule has 130 valence electrons. The Balaban J connectivity index is 1.71. The maximum Gasteiger partial charge on any atom is 0.269 e. The minimum atomic E-state index is -0.105. The number of nitrogens with one attached hydrogen (secondary N) is 2. The normalized spacial score (nSPS) is 16.3. The minimum absolute atomic E-state index is 0.0443. The number of hydrogen-bond donors (Lipinski definition) is 2. The van der Waals surface area contributed by atoms with E-state index in [9.17, 15) is 4.79 Å². The van der Waals surface area contributed by atoms with Gasteiger partial charge in [0, 0.05) is 16.5 Å². The van der Waals surface area contributed by atoms with Gasteiger partial charge in [-0.15, -0.1) is 22.7 Å². The Hall–Kier alpha value is -1.31. The molecular weight excluding hydrogens is 340 g/mol. The number of amides is 1. The van der Waals surface area contributed by atoms with Crippen molar-refractivity contribution in [2.45, 2.75) is 51.9 Å². The number of anilines is 1. The zero-order valence-electron chi connectivity index (χ0n) is 14.6. The highest BCUT2D eigenvalue weighted by Crippen LogP contribution is 2.33. The summed E-state index contributed by atoms with van der Waals surface area (Å²) >= 11 is 3.07. The molecule has 2 N–H and O–H groups in total. The van der Waals surface area contributed by atoms with Gasteiger partial charge in [0.25, 0.3) is 5.91 Å². The SMILES string of the molecule is Cc1nc(C(C)(C)C)sc1C(=O)Nc1ncc(C2CCNCC2)s1. The van der Waals surface area contributed by atoms with E-state index in [0.717, 1.165) is 36.6 Å². The minimum Gasteiger partial charge on any atom is -0.317 e. The topological polar surface area (TPSA) is 66.9 Å². The molecule has 5 nitrogen and oxygen atoms in total. The van der Waals surface area contributed by atoms with Crippen LogP contribution in [-0.2, 0) is 5.41 Å². The first-order valence-corrected chi connectivity index (χ1v) is 9.93. The highest BCUT2D eigenvalue weighted by molar-refractivity contribution is 7.16. The monoisotopic (exact) mass is 364 g/mol. The molecule has 0 aromatic carbocycles. The summed E-state index contributed by atoms with van der Waals surface area (Å²) in [6, 6.07) is 0. The molecule has 1 aliphatic heterocycles. The fraction of sp³-hybridized carbons (Fsp3) is 0.588. The maximum absolute atomic E-state index is 12.6. The van der Waals surface area contributed by atoms with Crippen molar-refractivity contribution in [3.63, 3.8) is 0 Å². The molecule has 1 saturated heterocycles. The van der Waals surface area contributed by atoms with Crippen LogP contribution < -0.4 is 10.6 Å². The first-order chi connectivity index (χ1) is 11.3. The van der Waals surface area contributed by atoms with Crippen LogP contribution in [-0.4, -0.2) is 29.0 Å². The molecule has 1 aliphatic rings. The molecule has 0 aliphatic carbocycles. The molecule has 0 spiro atoms. The zero-order valence-corrected chi connectivity index (χ0v) is 16.2. The van der Waals surface area contributed by atoms with Gasteiger partial charge in [-0.3, -0.25) is 10.1 Å². The third kappa shape index (κ3) is 3.84. The highest BCUT2D eigenvalue weighted by Gasteiger charge is 2.24. The van der Waals surface area contributed by atoms with Gasteiger partial charge >= 0.3 is 0 Å². The lowest BCUT2D eigenvalue weighted by Crippen LogP contribution is -2.26. The Morgan fingerprint density at radius 2 is 2.00 bits per heavy atom. The van der Waals surface area contributed by atoms with Crippen molar-refractivity contribution in [1.29, 1.82) is 0 Å². The summed E-state index contributed by atoms with van der Waals surface area (Å²) in [7, 11) is 0. The summed E-state index contributed by atoms with van der Waals surface area (Å²) in [4.78, 5) is 23.5. The average Bonchev–Trinajstić information content (AvgIpc) is 3.14. The predicted molar refractivity (Wildman–Crippen MR) is 100 cm³/mol. The number of carbonyl (C=O) groups is 1. The van der Waals surface area contributed by atoms with Crippen molar-refractivity contribution in [2.24, 2.45) is 0 Å². The lowest BCUT2D eigenvalue weighted by molar-refractivity contribution is 0.103. The van der Waals surface area contributed by atoms with Crippen LogP contribution in [0, 0.1) is 6.92 Å². The largest absolute Gasteiger partial charge is 0.317 e. The van der Waals surface area contributed by atoms with Crippen LogP contribution in [0.3, 0.4) is 0 Å². The van der Waals surface area contributed by atoms with Gasteiger partial charge in [0.1, 0.15) is 4.88 Å². The number of hydrogen-bond acceptors (Lipinski definition) is 6. The summed E-state index contributed by atoms with van der Waals surface area (Å²) in [6.45, 7) is 10.3. The fourth-order valence-corrected chi connectivity index (χ4v) is 4.72. The van der Waals surface area contributed by atoms with E-state index in [1.807, 2.05) is 13.1 Å². The standard InChI is InChI=1S/C17H24N4OS2/c1-10-13(24-15(20-10)17(2,3)4)14(22)21-16-19-9-12(23-16)11-5-7-18-8-6-11/h9,11,18H,5-8H2,1-4H3,(H,19,21,22). The van der Waals surface area contributed by atoms with E-state index >= 15 is 0 Å². The number of thiazole rings is 2. The van der Waals surface area contributed by atoms with Gasteiger partial charge in [0.05, 0.1) is 10.7 Å². The van der Waals surface area contributed by atoms with Crippen LogP contribution in [0.5, 0.6) is 0 Å². The summed E-state index contributed by atoms with van der Waals surface area (Å²) < 4.78 is 0. The van der Waals surface area contributed by atoms with Crippen LogP contribution in [0.15, 0.2) is 6.20 Å². The van der Waals surface area contributed by atoms with Gasteiger partial charge in [0.15, 0.2) is 5.13 Å². The van der Waals surface area contributed by atoms with Crippen molar-refractivity contribution in [3.05, 3.63) is 26.7 Å². The molecule has 1 fully saturated rings. The van der Waals surface area contributed by atoms with Crippen LogP contribution in [0.25, 0.3) is 0 Å². The van der Waals surface area contributed by atoms with Crippen molar-refractivity contribution in [3.8, 4) is 0 Å². The third-order valence-corrected chi connectivity index (χ3v) is 6.79. The Morgan fingerprint density at radius 1 is 1.29 bits per heavy atom. The van der Waals surface area contributed by atoms with E-state index in [4.69, 9.17) is 0 Å². The zero-order chi connectivity index (χ0) is 17.3. The fourth-order valence-electron chi connectivity index (χ4n) is 2.72. The average molecular weight is 365 g/mol. The third-order valence-electron chi connectivity index (χ3n) is 4.13. The second-order valence-electron chi connectivity index (χ2n) is 7.23. The second-order valence-corrected chi connectivity index (χ2v) is 9.29. The van der Waals surface area contributed by atoms with Gasteiger partial charge in [-0.05, 0) is 38.8 Å². The van der Waals surface area contributed by atoms with Crippen LogP contribution >= 0.6 is 22.7 Å². The number of aromatic nitrogens is 2.